The van der Waals surface area contributed by atoms with Gasteiger partial charge in [-0.1, -0.05) is 24.3 Å². The number of nitrogens with zero attached hydrogens (tertiary/aromatic N) is 1. The highest BCUT2D eigenvalue weighted by Gasteiger charge is 2.20. The molecule has 7 heteroatoms. The third-order valence-corrected chi connectivity index (χ3v) is 6.65. The van der Waals surface area contributed by atoms with Crippen molar-refractivity contribution in [1.29, 1.82) is 0 Å². The number of aromatic nitrogens is 1. The second kappa shape index (κ2) is 7.85. The van der Waals surface area contributed by atoms with Crippen LogP contribution >= 0.6 is 0 Å². The molecule has 1 aromatic heterocycles. The van der Waals surface area contributed by atoms with E-state index in [1.807, 2.05) is 35.0 Å². The molecule has 0 saturated carbocycles. The summed E-state index contributed by atoms with van der Waals surface area (Å²) >= 11 is 0. The molecule has 2 heterocycles. The van der Waals surface area contributed by atoms with E-state index in [-0.39, 0.29) is 17.3 Å². The van der Waals surface area contributed by atoms with Gasteiger partial charge in [-0.05, 0) is 60.4 Å². The van der Waals surface area contributed by atoms with Gasteiger partial charge in [-0.2, -0.15) is 0 Å². The maximum atomic E-state index is 12.8. The van der Waals surface area contributed by atoms with Crippen molar-refractivity contribution in [3.63, 3.8) is 0 Å². The molecule has 0 radical (unpaired) electrons. The molecule has 4 rings (SSSR count). The predicted molar refractivity (Wildman–Crippen MR) is 112 cm³/mol. The molecule has 0 aliphatic carbocycles. The van der Waals surface area contributed by atoms with Gasteiger partial charge in [0.15, 0.2) is 0 Å². The molecule has 0 fully saturated rings. The lowest BCUT2D eigenvalue weighted by Gasteiger charge is -2.18. The molecule has 2 N–H and O–H groups in total. The summed E-state index contributed by atoms with van der Waals surface area (Å²) < 4.78 is 30.3. The molecule has 3 aromatic rings. The number of nitrogens with one attached hydrogen (secondary N) is 2. The van der Waals surface area contributed by atoms with E-state index < -0.39 is 10.0 Å². The van der Waals surface area contributed by atoms with Crippen molar-refractivity contribution in [2.45, 2.75) is 37.8 Å². The van der Waals surface area contributed by atoms with E-state index in [1.165, 1.54) is 17.2 Å². The van der Waals surface area contributed by atoms with Crippen LogP contribution in [0.5, 0.6) is 0 Å². The zero-order valence-electron chi connectivity index (χ0n) is 16.2. The first-order valence-electron chi connectivity index (χ1n) is 9.53. The Morgan fingerprint density at radius 3 is 2.72 bits per heavy atom. The Labute approximate surface area is 170 Å². The van der Waals surface area contributed by atoms with Gasteiger partial charge in [0, 0.05) is 30.5 Å². The zero-order chi connectivity index (χ0) is 20.4. The monoisotopic (exact) mass is 409 g/mol. The van der Waals surface area contributed by atoms with E-state index >= 15 is 0 Å². The van der Waals surface area contributed by atoms with Gasteiger partial charge in [-0.3, -0.25) is 4.79 Å². The van der Waals surface area contributed by atoms with Gasteiger partial charge in [0.1, 0.15) is 0 Å². The molecular weight excluding hydrogens is 386 g/mol. The molecule has 1 amide bonds. The highest BCUT2D eigenvalue weighted by molar-refractivity contribution is 7.89. The van der Waals surface area contributed by atoms with Crippen LogP contribution in [0.15, 0.2) is 65.7 Å². The number of aryl methyl sites for hydroxylation is 2. The lowest BCUT2D eigenvalue weighted by atomic mass is 10.0. The van der Waals surface area contributed by atoms with Gasteiger partial charge >= 0.3 is 0 Å². The summed E-state index contributed by atoms with van der Waals surface area (Å²) in [4.78, 5) is 11.7. The minimum atomic E-state index is -3.66. The summed E-state index contributed by atoms with van der Waals surface area (Å²) in [5.74, 6) is -0.0411. The van der Waals surface area contributed by atoms with Crippen LogP contribution in [0.25, 0.3) is 0 Å². The number of rotatable bonds is 6. The number of sulfonamides is 1. The van der Waals surface area contributed by atoms with Gasteiger partial charge in [0.25, 0.3) is 0 Å². The fourth-order valence-corrected chi connectivity index (χ4v) is 4.56. The molecule has 0 unspecified atom stereocenters. The van der Waals surface area contributed by atoms with Gasteiger partial charge in [-0.15, -0.1) is 0 Å². The second-order valence-electron chi connectivity index (χ2n) is 7.25. The van der Waals surface area contributed by atoms with Gasteiger partial charge < -0.3 is 9.88 Å². The topological polar surface area (TPSA) is 80.2 Å². The largest absolute Gasteiger partial charge is 0.346 e. The van der Waals surface area contributed by atoms with Crippen LogP contribution in [0.2, 0.25) is 0 Å². The Balaban J connectivity index is 1.49. The van der Waals surface area contributed by atoms with E-state index in [1.54, 1.807) is 12.1 Å². The average molecular weight is 410 g/mol. The Bertz CT molecular complexity index is 1170. The molecule has 2 aromatic carbocycles. The molecular formula is C22H23N3O3S. The predicted octanol–water partition coefficient (Wildman–Crippen LogP) is 3.21. The smallest absolute Gasteiger partial charge is 0.240 e. The highest BCUT2D eigenvalue weighted by atomic mass is 32.2. The molecule has 1 aliphatic heterocycles. The van der Waals surface area contributed by atoms with Crippen LogP contribution in [0, 0.1) is 6.92 Å². The van der Waals surface area contributed by atoms with Gasteiger partial charge in [0.05, 0.1) is 11.4 Å². The minimum absolute atomic E-state index is 0.0411. The maximum Gasteiger partial charge on any atom is 0.240 e. The second-order valence-corrected chi connectivity index (χ2v) is 9.01. The maximum absolute atomic E-state index is 12.8. The summed E-state index contributed by atoms with van der Waals surface area (Å²) in [6, 6.07) is 16.8. The van der Waals surface area contributed by atoms with Crippen molar-refractivity contribution in [3.05, 3.63) is 83.2 Å². The zero-order valence-corrected chi connectivity index (χ0v) is 17.0. The van der Waals surface area contributed by atoms with Gasteiger partial charge in [0.2, 0.25) is 15.9 Å². The first kappa shape index (κ1) is 19.4. The Morgan fingerprint density at radius 2 is 1.90 bits per heavy atom. The highest BCUT2D eigenvalue weighted by Crippen LogP contribution is 2.25. The minimum Gasteiger partial charge on any atom is -0.346 e. The lowest BCUT2D eigenvalue weighted by molar-refractivity contribution is -0.116. The number of hydrogen-bond acceptors (Lipinski definition) is 3. The average Bonchev–Trinajstić information content (AvgIpc) is 3.15. The van der Waals surface area contributed by atoms with E-state index in [9.17, 15) is 13.2 Å². The van der Waals surface area contributed by atoms with Crippen molar-refractivity contribution in [2.75, 3.05) is 5.32 Å². The summed E-state index contributed by atoms with van der Waals surface area (Å²) in [6.45, 7) is 2.96. The van der Waals surface area contributed by atoms with Crippen molar-refractivity contribution in [2.24, 2.45) is 0 Å². The van der Waals surface area contributed by atoms with Crippen LogP contribution < -0.4 is 10.0 Å². The summed E-state index contributed by atoms with van der Waals surface area (Å²) in [5, 5.41) is 2.77. The fourth-order valence-electron chi connectivity index (χ4n) is 3.51. The Hall–Kier alpha value is -2.90. The standard InChI is InChI=1S/C22H23N3O3S/c1-16-5-2-3-6-18(16)15-25-12-4-7-19(25)14-23-29(27,28)20-9-10-21-17(13-20)8-11-22(26)24-21/h2-7,9-10,12-13,23H,8,11,14-15H2,1H3,(H,24,26). The Kier molecular flexibility index (Phi) is 5.25. The normalized spacial score (nSPS) is 13.8. The van der Waals surface area contributed by atoms with Crippen LogP contribution in [0.4, 0.5) is 5.69 Å². The van der Waals surface area contributed by atoms with E-state index in [2.05, 4.69) is 29.1 Å². The lowest BCUT2D eigenvalue weighted by Crippen LogP contribution is -2.25. The van der Waals surface area contributed by atoms with Crippen molar-refractivity contribution in [3.8, 4) is 0 Å². The molecule has 0 saturated heterocycles. The van der Waals surface area contributed by atoms with Crippen molar-refractivity contribution < 1.29 is 13.2 Å². The van der Waals surface area contributed by atoms with E-state index in [4.69, 9.17) is 0 Å². The van der Waals surface area contributed by atoms with Crippen molar-refractivity contribution in [1.82, 2.24) is 9.29 Å². The third kappa shape index (κ3) is 4.26. The first-order valence-corrected chi connectivity index (χ1v) is 11.0. The summed E-state index contributed by atoms with van der Waals surface area (Å²) in [7, 11) is -3.66. The number of carbonyl (C=O) groups is 1. The number of amides is 1. The summed E-state index contributed by atoms with van der Waals surface area (Å²) in [6.07, 6.45) is 2.87. The number of fused-ring (bicyclic) bond motifs is 1. The number of carbonyl (C=O) groups excluding carboxylic acids is 1. The SMILES string of the molecule is Cc1ccccc1Cn1cccc1CNS(=O)(=O)c1ccc2c(c1)CCC(=O)N2. The van der Waals surface area contributed by atoms with E-state index in [0.717, 1.165) is 11.3 Å². The number of benzene rings is 2. The molecule has 0 bridgehead atoms. The van der Waals surface area contributed by atoms with Crippen LogP contribution in [0.3, 0.4) is 0 Å². The third-order valence-electron chi connectivity index (χ3n) is 5.25. The quantitative estimate of drug-likeness (QED) is 0.656. The van der Waals surface area contributed by atoms with Crippen LogP contribution in [-0.2, 0) is 34.3 Å². The molecule has 1 aliphatic rings. The number of hydrogen-bond donors (Lipinski definition) is 2. The Morgan fingerprint density at radius 1 is 1.07 bits per heavy atom. The molecule has 150 valence electrons. The first-order chi connectivity index (χ1) is 13.9. The molecule has 0 atom stereocenters. The summed E-state index contributed by atoms with van der Waals surface area (Å²) in [5.41, 5.74) is 4.82. The van der Waals surface area contributed by atoms with Gasteiger partial charge in [-0.25, -0.2) is 13.1 Å². The van der Waals surface area contributed by atoms with Crippen molar-refractivity contribution >= 4 is 21.6 Å². The molecule has 6 nitrogen and oxygen atoms in total. The fraction of sp³-hybridized carbons (Fsp3) is 0.227. The van der Waals surface area contributed by atoms with E-state index in [0.29, 0.717) is 25.1 Å². The number of anilines is 1. The van der Waals surface area contributed by atoms with Crippen LogP contribution in [0.1, 0.15) is 28.8 Å². The molecule has 0 spiro atoms. The van der Waals surface area contributed by atoms with Crippen LogP contribution in [-0.4, -0.2) is 18.9 Å². The molecule has 29 heavy (non-hydrogen) atoms.